The molecule has 0 radical (unpaired) electrons. The fourth-order valence-electron chi connectivity index (χ4n) is 0.832. The number of carboxylic acid groups (broad SMARTS) is 1. The van der Waals surface area contributed by atoms with E-state index in [1.165, 1.54) is 18.2 Å². The smallest absolute Gasteiger partial charge is 0.335 e. The predicted molar refractivity (Wildman–Crippen MR) is 48.1 cm³/mol. The van der Waals surface area contributed by atoms with Crippen LogP contribution in [-0.2, 0) is 4.79 Å². The van der Waals surface area contributed by atoms with E-state index in [4.69, 9.17) is 16.7 Å². The summed E-state index contributed by atoms with van der Waals surface area (Å²) in [6.07, 6.45) is 0.437. The molecule has 0 spiro atoms. The molecule has 0 unspecified atom stereocenters. The monoisotopic (exact) mass is 199 g/mol. The molecule has 4 nitrogen and oxygen atoms in total. The average molecular weight is 200 g/mol. The summed E-state index contributed by atoms with van der Waals surface area (Å²) in [5.74, 6) is -1.06. The zero-order valence-corrected chi connectivity index (χ0v) is 7.21. The topological polar surface area (TPSA) is 66.4 Å². The molecule has 0 heterocycles. The van der Waals surface area contributed by atoms with Gasteiger partial charge in [-0.1, -0.05) is 11.6 Å². The number of carboxylic acids is 1. The van der Waals surface area contributed by atoms with Gasteiger partial charge in [0.1, 0.15) is 0 Å². The molecule has 0 fully saturated rings. The molecule has 1 amide bonds. The lowest BCUT2D eigenvalue weighted by Gasteiger charge is -2.02. The van der Waals surface area contributed by atoms with Gasteiger partial charge in [-0.25, -0.2) is 4.79 Å². The Morgan fingerprint density at radius 3 is 2.77 bits per heavy atom. The number of carbonyl (C=O) groups is 2. The van der Waals surface area contributed by atoms with Crippen LogP contribution in [0.3, 0.4) is 0 Å². The van der Waals surface area contributed by atoms with E-state index in [9.17, 15) is 9.59 Å². The lowest BCUT2D eigenvalue weighted by Crippen LogP contribution is -2.00. The fourth-order valence-corrected chi connectivity index (χ4v) is 1.00. The summed E-state index contributed by atoms with van der Waals surface area (Å²) in [5.41, 5.74) is 0.366. The molecule has 5 heteroatoms. The first-order chi connectivity index (χ1) is 6.15. The first-order valence-electron chi connectivity index (χ1n) is 3.38. The number of anilines is 1. The molecule has 0 saturated heterocycles. The molecule has 1 rings (SSSR count). The summed E-state index contributed by atoms with van der Waals surface area (Å²) in [6, 6.07) is 4.07. The standard InChI is InChI=1S/C8H6ClNO3/c9-6-2-1-5(8(12)13)3-7(6)10-4-11/h1-4H,(H,10,11)(H,12,13). The number of amides is 1. The van der Waals surface area contributed by atoms with Gasteiger partial charge in [-0.2, -0.15) is 0 Å². The van der Waals surface area contributed by atoms with Gasteiger partial charge >= 0.3 is 5.97 Å². The lowest BCUT2D eigenvalue weighted by atomic mass is 10.2. The van der Waals surface area contributed by atoms with Crippen molar-refractivity contribution in [3.05, 3.63) is 28.8 Å². The first kappa shape index (κ1) is 9.54. The Hall–Kier alpha value is -1.55. The minimum absolute atomic E-state index is 0.0775. The summed E-state index contributed by atoms with van der Waals surface area (Å²) in [6.45, 7) is 0. The number of benzene rings is 1. The Labute approximate surface area is 79.1 Å². The van der Waals surface area contributed by atoms with Crippen LogP contribution in [0.4, 0.5) is 5.69 Å². The van der Waals surface area contributed by atoms with Crippen LogP contribution in [0.1, 0.15) is 10.4 Å². The van der Waals surface area contributed by atoms with E-state index in [1.54, 1.807) is 0 Å². The van der Waals surface area contributed by atoms with Crippen LogP contribution in [0, 0.1) is 0 Å². The number of nitrogens with one attached hydrogen (secondary N) is 1. The quantitative estimate of drug-likeness (QED) is 0.727. The minimum Gasteiger partial charge on any atom is -0.478 e. The predicted octanol–water partition coefficient (Wildman–Crippen LogP) is 1.61. The third-order valence-electron chi connectivity index (χ3n) is 1.43. The summed E-state index contributed by atoms with van der Waals surface area (Å²) in [5, 5.41) is 11.2. The van der Waals surface area contributed by atoms with Gasteiger partial charge in [0.2, 0.25) is 6.41 Å². The summed E-state index contributed by atoms with van der Waals surface area (Å²) in [7, 11) is 0. The van der Waals surface area contributed by atoms with Crippen LogP contribution in [0.25, 0.3) is 0 Å². The maximum Gasteiger partial charge on any atom is 0.335 e. The van der Waals surface area contributed by atoms with Crippen LogP contribution < -0.4 is 5.32 Å². The maximum absolute atomic E-state index is 10.5. The molecular weight excluding hydrogens is 194 g/mol. The van der Waals surface area contributed by atoms with Crippen molar-refractivity contribution in [3.63, 3.8) is 0 Å². The Morgan fingerprint density at radius 2 is 2.23 bits per heavy atom. The molecule has 2 N–H and O–H groups in total. The van der Waals surface area contributed by atoms with Crippen molar-refractivity contribution >= 4 is 29.7 Å². The minimum atomic E-state index is -1.06. The molecule has 68 valence electrons. The fraction of sp³-hybridized carbons (Fsp3) is 0. The van der Waals surface area contributed by atoms with Gasteiger partial charge in [-0.3, -0.25) is 4.79 Å². The van der Waals surface area contributed by atoms with Crippen molar-refractivity contribution in [2.45, 2.75) is 0 Å². The second-order valence-electron chi connectivity index (χ2n) is 2.26. The summed E-state index contributed by atoms with van der Waals surface area (Å²) < 4.78 is 0. The van der Waals surface area contributed by atoms with Gasteiger partial charge in [0.05, 0.1) is 16.3 Å². The zero-order valence-electron chi connectivity index (χ0n) is 6.45. The number of aromatic carboxylic acids is 1. The van der Waals surface area contributed by atoms with E-state index >= 15 is 0 Å². The number of hydrogen-bond acceptors (Lipinski definition) is 2. The van der Waals surface area contributed by atoms with E-state index in [2.05, 4.69) is 5.32 Å². The Morgan fingerprint density at radius 1 is 1.54 bits per heavy atom. The summed E-state index contributed by atoms with van der Waals surface area (Å²) >= 11 is 5.67. The van der Waals surface area contributed by atoms with Gasteiger partial charge in [-0.15, -0.1) is 0 Å². The van der Waals surface area contributed by atoms with Crippen molar-refractivity contribution in [3.8, 4) is 0 Å². The molecule has 1 aromatic rings. The highest BCUT2D eigenvalue weighted by molar-refractivity contribution is 6.33. The molecule has 0 aliphatic heterocycles. The van der Waals surface area contributed by atoms with Crippen LogP contribution >= 0.6 is 11.6 Å². The maximum atomic E-state index is 10.5. The Kier molecular flexibility index (Phi) is 2.87. The van der Waals surface area contributed by atoms with Crippen molar-refractivity contribution in [2.24, 2.45) is 0 Å². The lowest BCUT2D eigenvalue weighted by molar-refractivity contribution is -0.105. The number of carbonyl (C=O) groups excluding carboxylic acids is 1. The van der Waals surface area contributed by atoms with Gasteiger partial charge in [0.15, 0.2) is 0 Å². The molecule has 0 aliphatic carbocycles. The normalized spacial score (nSPS) is 9.31. The SMILES string of the molecule is O=CNc1cc(C(=O)O)ccc1Cl. The molecule has 0 saturated carbocycles. The third-order valence-corrected chi connectivity index (χ3v) is 1.76. The Bertz CT molecular complexity index is 351. The van der Waals surface area contributed by atoms with Gasteiger partial charge in [0, 0.05) is 0 Å². The van der Waals surface area contributed by atoms with E-state index in [1.807, 2.05) is 0 Å². The van der Waals surface area contributed by atoms with Crippen molar-refractivity contribution in [2.75, 3.05) is 5.32 Å². The van der Waals surface area contributed by atoms with Gasteiger partial charge in [-0.05, 0) is 18.2 Å². The Balaban J connectivity index is 3.10. The van der Waals surface area contributed by atoms with Crippen molar-refractivity contribution in [1.82, 2.24) is 0 Å². The van der Waals surface area contributed by atoms with Crippen LogP contribution in [0.5, 0.6) is 0 Å². The molecule has 1 aromatic carbocycles. The van der Waals surface area contributed by atoms with E-state index in [0.717, 1.165) is 0 Å². The zero-order chi connectivity index (χ0) is 9.84. The molecular formula is C8H6ClNO3. The molecule has 0 aliphatic rings. The average Bonchev–Trinajstić information content (AvgIpc) is 2.08. The van der Waals surface area contributed by atoms with Crippen LogP contribution in [0.15, 0.2) is 18.2 Å². The highest BCUT2D eigenvalue weighted by Crippen LogP contribution is 2.22. The summed E-state index contributed by atoms with van der Waals surface area (Å²) in [4.78, 5) is 20.6. The van der Waals surface area contributed by atoms with E-state index in [-0.39, 0.29) is 11.3 Å². The van der Waals surface area contributed by atoms with Crippen molar-refractivity contribution < 1.29 is 14.7 Å². The molecule has 0 bridgehead atoms. The first-order valence-corrected chi connectivity index (χ1v) is 3.76. The second-order valence-corrected chi connectivity index (χ2v) is 2.67. The van der Waals surface area contributed by atoms with Gasteiger partial charge < -0.3 is 10.4 Å². The highest BCUT2D eigenvalue weighted by Gasteiger charge is 2.05. The molecule has 13 heavy (non-hydrogen) atoms. The highest BCUT2D eigenvalue weighted by atomic mass is 35.5. The number of halogens is 1. The number of hydrogen-bond donors (Lipinski definition) is 2. The van der Waals surface area contributed by atoms with E-state index < -0.39 is 5.97 Å². The van der Waals surface area contributed by atoms with E-state index in [0.29, 0.717) is 11.4 Å². The second kappa shape index (κ2) is 3.91. The number of rotatable bonds is 3. The largest absolute Gasteiger partial charge is 0.478 e. The molecule has 0 aromatic heterocycles. The molecule has 0 atom stereocenters. The van der Waals surface area contributed by atoms with Gasteiger partial charge in [0.25, 0.3) is 0 Å². The van der Waals surface area contributed by atoms with Crippen LogP contribution in [0.2, 0.25) is 5.02 Å². The van der Waals surface area contributed by atoms with Crippen LogP contribution in [-0.4, -0.2) is 17.5 Å². The van der Waals surface area contributed by atoms with Crippen molar-refractivity contribution in [1.29, 1.82) is 0 Å². The third kappa shape index (κ3) is 2.19.